The summed E-state index contributed by atoms with van der Waals surface area (Å²) in [7, 11) is 1.99. The van der Waals surface area contributed by atoms with Crippen LogP contribution in [0.3, 0.4) is 0 Å². The Labute approximate surface area is 125 Å². The molecule has 0 aliphatic carbocycles. The molecule has 1 aromatic carbocycles. The minimum Gasteiger partial charge on any atom is -0.490 e. The maximum absolute atomic E-state index is 6.55. The van der Waals surface area contributed by atoms with Gasteiger partial charge in [-0.05, 0) is 34.2 Å². The van der Waals surface area contributed by atoms with Crippen LogP contribution in [0.2, 0.25) is 5.02 Å². The molecule has 0 fully saturated rings. The molecule has 0 aromatic heterocycles. The van der Waals surface area contributed by atoms with Crippen molar-refractivity contribution >= 4 is 11.6 Å². The van der Waals surface area contributed by atoms with E-state index in [2.05, 4.69) is 26.1 Å². The van der Waals surface area contributed by atoms with E-state index >= 15 is 0 Å². The van der Waals surface area contributed by atoms with Crippen molar-refractivity contribution in [2.24, 2.45) is 0 Å². The first-order chi connectivity index (χ1) is 9.51. The first kappa shape index (κ1) is 14.0. The second kappa shape index (κ2) is 5.12. The molecule has 3 rings (SSSR count). The van der Waals surface area contributed by atoms with Crippen molar-refractivity contribution in [1.82, 2.24) is 5.32 Å². The van der Waals surface area contributed by atoms with Crippen molar-refractivity contribution in [3.63, 3.8) is 0 Å². The first-order valence-corrected chi connectivity index (χ1v) is 7.75. The van der Waals surface area contributed by atoms with Crippen molar-refractivity contribution in [3.05, 3.63) is 21.7 Å². The fraction of sp³-hybridized carbons (Fsp3) is 0.625. The van der Waals surface area contributed by atoms with Crippen LogP contribution in [0, 0.1) is 0 Å². The van der Waals surface area contributed by atoms with Crippen LogP contribution in [0.1, 0.15) is 37.5 Å². The summed E-state index contributed by atoms with van der Waals surface area (Å²) in [6.45, 7) is 6.37. The van der Waals surface area contributed by atoms with Crippen LogP contribution in [-0.4, -0.2) is 25.3 Å². The first-order valence-electron chi connectivity index (χ1n) is 7.37. The van der Waals surface area contributed by atoms with Gasteiger partial charge in [0.15, 0.2) is 0 Å². The Bertz CT molecular complexity index is 505. The highest BCUT2D eigenvalue weighted by Gasteiger charge is 2.35. The Morgan fingerprint density at radius 1 is 1.15 bits per heavy atom. The van der Waals surface area contributed by atoms with E-state index in [-0.39, 0.29) is 12.2 Å². The summed E-state index contributed by atoms with van der Waals surface area (Å²) >= 11 is 6.55. The van der Waals surface area contributed by atoms with Crippen LogP contribution in [0.25, 0.3) is 0 Å². The van der Waals surface area contributed by atoms with E-state index in [4.69, 9.17) is 21.1 Å². The van der Waals surface area contributed by atoms with Crippen molar-refractivity contribution in [2.45, 2.75) is 58.3 Å². The van der Waals surface area contributed by atoms with Crippen LogP contribution < -0.4 is 14.8 Å². The Hall–Kier alpha value is -0.930. The third-order valence-corrected chi connectivity index (χ3v) is 4.67. The van der Waals surface area contributed by atoms with Crippen LogP contribution in [-0.2, 0) is 19.3 Å². The zero-order chi connectivity index (χ0) is 14.4. The highest BCUT2D eigenvalue weighted by molar-refractivity contribution is 6.33. The molecule has 0 spiro atoms. The quantitative estimate of drug-likeness (QED) is 0.929. The molecule has 4 heteroatoms. The number of benzene rings is 1. The van der Waals surface area contributed by atoms with E-state index in [0.29, 0.717) is 6.04 Å². The van der Waals surface area contributed by atoms with Gasteiger partial charge in [0.25, 0.3) is 0 Å². The van der Waals surface area contributed by atoms with E-state index in [1.807, 2.05) is 7.05 Å². The van der Waals surface area contributed by atoms with Crippen LogP contribution in [0.5, 0.6) is 11.5 Å². The minimum atomic E-state index is 0.200. The molecule has 2 aliphatic heterocycles. The van der Waals surface area contributed by atoms with Crippen molar-refractivity contribution in [2.75, 3.05) is 7.05 Å². The number of halogens is 1. The van der Waals surface area contributed by atoms with Gasteiger partial charge in [-0.1, -0.05) is 11.6 Å². The average Bonchev–Trinajstić information content (AvgIpc) is 2.97. The topological polar surface area (TPSA) is 30.5 Å². The smallest absolute Gasteiger partial charge is 0.142 e. The van der Waals surface area contributed by atoms with Crippen molar-refractivity contribution < 1.29 is 9.47 Å². The lowest BCUT2D eigenvalue weighted by molar-refractivity contribution is 0.251. The molecule has 3 atom stereocenters. The zero-order valence-electron chi connectivity index (χ0n) is 12.5. The van der Waals surface area contributed by atoms with Crippen molar-refractivity contribution in [3.8, 4) is 11.5 Å². The summed E-state index contributed by atoms with van der Waals surface area (Å²) in [6.07, 6.45) is 3.14. The fourth-order valence-corrected chi connectivity index (χ4v) is 3.50. The lowest BCUT2D eigenvalue weighted by Gasteiger charge is -2.18. The highest BCUT2D eigenvalue weighted by atomic mass is 35.5. The molecular weight excluding hydrogens is 274 g/mol. The lowest BCUT2D eigenvalue weighted by Crippen LogP contribution is -2.24. The van der Waals surface area contributed by atoms with E-state index in [9.17, 15) is 0 Å². The van der Waals surface area contributed by atoms with Crippen LogP contribution in [0.15, 0.2) is 0 Å². The van der Waals surface area contributed by atoms with Gasteiger partial charge in [0.05, 0.1) is 5.02 Å². The molecule has 1 N–H and O–H groups in total. The van der Waals surface area contributed by atoms with Crippen LogP contribution >= 0.6 is 11.6 Å². The number of likely N-dealkylation sites (N-methyl/N-ethyl adjacent to an activating group) is 1. The summed E-state index contributed by atoms with van der Waals surface area (Å²) in [5, 5.41) is 4.07. The average molecular weight is 296 g/mol. The zero-order valence-corrected chi connectivity index (χ0v) is 13.3. The monoisotopic (exact) mass is 295 g/mol. The summed E-state index contributed by atoms with van der Waals surface area (Å²) in [6, 6.07) is 0.403. The largest absolute Gasteiger partial charge is 0.490 e. The number of hydrogen-bond acceptors (Lipinski definition) is 3. The van der Waals surface area contributed by atoms with Gasteiger partial charge in [-0.3, -0.25) is 0 Å². The Balaban J connectivity index is 2.12. The Morgan fingerprint density at radius 3 is 2.40 bits per heavy atom. The predicted molar refractivity (Wildman–Crippen MR) is 81.3 cm³/mol. The summed E-state index contributed by atoms with van der Waals surface area (Å²) in [5.41, 5.74) is 3.66. The van der Waals surface area contributed by atoms with E-state index in [1.165, 1.54) is 11.1 Å². The molecular formula is C16H22ClNO2. The second-order valence-electron chi connectivity index (χ2n) is 6.07. The van der Waals surface area contributed by atoms with Gasteiger partial charge in [0.2, 0.25) is 0 Å². The molecule has 110 valence electrons. The molecule has 0 bridgehead atoms. The maximum atomic E-state index is 6.55. The van der Waals surface area contributed by atoms with E-state index in [1.54, 1.807) is 0 Å². The molecule has 0 radical (unpaired) electrons. The molecule has 20 heavy (non-hydrogen) atoms. The molecule has 0 amide bonds. The van der Waals surface area contributed by atoms with Gasteiger partial charge >= 0.3 is 0 Å². The normalized spacial score (nSPS) is 24.9. The molecule has 0 saturated carbocycles. The number of ether oxygens (including phenoxy) is 2. The highest BCUT2D eigenvalue weighted by Crippen LogP contribution is 2.49. The van der Waals surface area contributed by atoms with Crippen molar-refractivity contribution in [1.29, 1.82) is 0 Å². The van der Waals surface area contributed by atoms with E-state index < -0.39 is 0 Å². The SMILES string of the molecule is CNC(C)Cc1c2c(c(Cl)c3c1OC(C)C3)OC(C)C2. The fourth-order valence-electron chi connectivity index (χ4n) is 3.17. The maximum Gasteiger partial charge on any atom is 0.142 e. The van der Waals surface area contributed by atoms with Gasteiger partial charge in [0.1, 0.15) is 23.7 Å². The standard InChI is InChI=1S/C16H22ClNO2/c1-8(18-4)5-11-12-6-9(2)20-16(12)14(17)13-7-10(3)19-15(11)13/h8-10,18H,5-7H2,1-4H3. The Morgan fingerprint density at radius 2 is 1.75 bits per heavy atom. The van der Waals surface area contributed by atoms with Gasteiger partial charge in [-0.25, -0.2) is 0 Å². The second-order valence-corrected chi connectivity index (χ2v) is 6.44. The predicted octanol–water partition coefficient (Wildman–Crippen LogP) is 3.14. The third kappa shape index (κ3) is 2.17. The molecule has 1 aromatic rings. The summed E-state index contributed by atoms with van der Waals surface area (Å²) in [5.74, 6) is 1.91. The number of fused-ring (bicyclic) bond motifs is 2. The molecule has 2 aliphatic rings. The van der Waals surface area contributed by atoms with Crippen LogP contribution in [0.4, 0.5) is 0 Å². The molecule has 2 heterocycles. The van der Waals surface area contributed by atoms with E-state index in [0.717, 1.165) is 41.3 Å². The minimum absolute atomic E-state index is 0.200. The number of rotatable bonds is 3. The molecule has 3 unspecified atom stereocenters. The Kier molecular flexibility index (Phi) is 3.59. The number of nitrogens with one attached hydrogen (secondary N) is 1. The summed E-state index contributed by atoms with van der Waals surface area (Å²) < 4.78 is 12.0. The molecule has 3 nitrogen and oxygen atoms in total. The lowest BCUT2D eigenvalue weighted by atomic mass is 9.94. The van der Waals surface area contributed by atoms with Gasteiger partial charge < -0.3 is 14.8 Å². The van der Waals surface area contributed by atoms with Gasteiger partial charge in [-0.2, -0.15) is 0 Å². The number of hydrogen-bond donors (Lipinski definition) is 1. The van der Waals surface area contributed by atoms with Gasteiger partial charge in [-0.15, -0.1) is 0 Å². The summed E-state index contributed by atoms with van der Waals surface area (Å²) in [4.78, 5) is 0. The van der Waals surface area contributed by atoms with Gasteiger partial charge in [0, 0.05) is 35.6 Å². The molecule has 0 saturated heterocycles. The third-order valence-electron chi connectivity index (χ3n) is 4.28.